The van der Waals surface area contributed by atoms with Crippen LogP contribution in [-0.4, -0.2) is 31.4 Å². The summed E-state index contributed by atoms with van der Waals surface area (Å²) in [6, 6.07) is 0. The van der Waals surface area contributed by atoms with Crippen LogP contribution in [0.1, 0.15) is 33.6 Å². The van der Waals surface area contributed by atoms with Gasteiger partial charge in [0, 0.05) is 27.2 Å². The first-order valence-electron chi connectivity index (χ1n) is 8.23. The highest BCUT2D eigenvalue weighted by atomic mass is 16.5. The van der Waals surface area contributed by atoms with E-state index in [0.29, 0.717) is 23.6 Å². The van der Waals surface area contributed by atoms with E-state index < -0.39 is 0 Å². The number of hydrogen-bond donors (Lipinski definition) is 0. The standard InChI is InChI=1S/C14H20N4O3.C2H6/c1-9-10(5-7-21-9)4-6-18-13(19)11-12(15-8-16(11)2)17(3)14(18)20;1-2/h8-10H,4-7H2,1-3H3;1-2H3. The summed E-state index contributed by atoms with van der Waals surface area (Å²) in [5.74, 6) is 0.406. The van der Waals surface area contributed by atoms with Gasteiger partial charge in [-0.05, 0) is 25.7 Å². The Morgan fingerprint density at radius 3 is 2.61 bits per heavy atom. The van der Waals surface area contributed by atoms with Crippen molar-refractivity contribution in [2.24, 2.45) is 20.0 Å². The molecule has 0 saturated carbocycles. The van der Waals surface area contributed by atoms with Crippen LogP contribution >= 0.6 is 0 Å². The molecule has 0 aromatic carbocycles. The number of fused-ring (bicyclic) bond motifs is 1. The van der Waals surface area contributed by atoms with Crippen LogP contribution in [0, 0.1) is 5.92 Å². The smallest absolute Gasteiger partial charge is 0.332 e. The quantitative estimate of drug-likeness (QED) is 0.853. The third-order valence-electron chi connectivity index (χ3n) is 4.46. The van der Waals surface area contributed by atoms with E-state index in [1.54, 1.807) is 25.0 Å². The molecule has 23 heavy (non-hydrogen) atoms. The molecule has 0 bridgehead atoms. The minimum Gasteiger partial charge on any atom is -0.378 e. The van der Waals surface area contributed by atoms with Crippen molar-refractivity contribution < 1.29 is 4.74 Å². The maximum Gasteiger partial charge on any atom is 0.332 e. The van der Waals surface area contributed by atoms with Gasteiger partial charge in [0.2, 0.25) is 0 Å². The Morgan fingerprint density at radius 2 is 2.00 bits per heavy atom. The Hall–Kier alpha value is -1.89. The van der Waals surface area contributed by atoms with Gasteiger partial charge >= 0.3 is 5.69 Å². The van der Waals surface area contributed by atoms with Gasteiger partial charge in [-0.15, -0.1) is 0 Å². The summed E-state index contributed by atoms with van der Waals surface area (Å²) in [7, 11) is 3.41. The number of ether oxygens (including phenoxy) is 1. The Kier molecular flexibility index (Phi) is 5.41. The lowest BCUT2D eigenvalue weighted by atomic mass is 9.99. The maximum atomic E-state index is 12.5. The predicted molar refractivity (Wildman–Crippen MR) is 89.7 cm³/mol. The summed E-state index contributed by atoms with van der Waals surface area (Å²) in [5.41, 5.74) is 0.326. The molecule has 7 nitrogen and oxygen atoms in total. The average molecular weight is 322 g/mol. The summed E-state index contributed by atoms with van der Waals surface area (Å²) in [5, 5.41) is 0. The SMILES string of the molecule is CC.CC1OCCC1CCn1c(=O)c2c(ncn2C)n(C)c1=O. The minimum atomic E-state index is -0.308. The van der Waals surface area contributed by atoms with Gasteiger partial charge < -0.3 is 9.30 Å². The van der Waals surface area contributed by atoms with Crippen molar-refractivity contribution in [1.82, 2.24) is 18.7 Å². The molecular weight excluding hydrogens is 296 g/mol. The monoisotopic (exact) mass is 322 g/mol. The zero-order valence-corrected chi connectivity index (χ0v) is 14.6. The molecule has 0 aliphatic carbocycles. The van der Waals surface area contributed by atoms with E-state index in [2.05, 4.69) is 4.98 Å². The molecule has 2 unspecified atom stereocenters. The first-order valence-corrected chi connectivity index (χ1v) is 8.23. The highest BCUT2D eigenvalue weighted by Crippen LogP contribution is 2.23. The maximum absolute atomic E-state index is 12.5. The van der Waals surface area contributed by atoms with E-state index >= 15 is 0 Å². The summed E-state index contributed by atoms with van der Waals surface area (Å²) in [6.45, 7) is 7.23. The zero-order valence-electron chi connectivity index (χ0n) is 14.6. The van der Waals surface area contributed by atoms with Crippen LogP contribution in [0.4, 0.5) is 0 Å². The third kappa shape index (κ3) is 3.10. The molecule has 1 fully saturated rings. The molecule has 1 saturated heterocycles. The molecule has 2 aromatic heterocycles. The number of hydrogen-bond acceptors (Lipinski definition) is 4. The summed E-state index contributed by atoms with van der Waals surface area (Å²) in [4.78, 5) is 29.0. The second kappa shape index (κ2) is 7.12. The van der Waals surface area contributed by atoms with Gasteiger partial charge in [-0.1, -0.05) is 13.8 Å². The second-order valence-electron chi connectivity index (χ2n) is 5.74. The normalized spacial score (nSPS) is 20.6. The second-order valence-corrected chi connectivity index (χ2v) is 5.74. The summed E-state index contributed by atoms with van der Waals surface area (Å²) >= 11 is 0. The van der Waals surface area contributed by atoms with Crippen molar-refractivity contribution in [1.29, 1.82) is 0 Å². The third-order valence-corrected chi connectivity index (χ3v) is 4.46. The fourth-order valence-electron chi connectivity index (χ4n) is 3.04. The van der Waals surface area contributed by atoms with Crippen LogP contribution < -0.4 is 11.2 Å². The number of aromatic nitrogens is 4. The summed E-state index contributed by atoms with van der Waals surface area (Å²) < 4.78 is 9.94. The molecule has 1 aliphatic heterocycles. The fraction of sp³-hybridized carbons (Fsp3) is 0.688. The van der Waals surface area contributed by atoms with E-state index in [1.165, 1.54) is 9.13 Å². The molecule has 1 aliphatic rings. The predicted octanol–water partition coefficient (Wildman–Crippen LogP) is 1.28. The topological polar surface area (TPSA) is 71.1 Å². The largest absolute Gasteiger partial charge is 0.378 e. The molecule has 2 aromatic rings. The van der Waals surface area contributed by atoms with E-state index in [1.807, 2.05) is 20.8 Å². The number of imidazole rings is 1. The van der Waals surface area contributed by atoms with E-state index in [4.69, 9.17) is 4.74 Å². The molecule has 0 radical (unpaired) electrons. The van der Waals surface area contributed by atoms with Crippen molar-refractivity contribution in [3.8, 4) is 0 Å². The van der Waals surface area contributed by atoms with Gasteiger partial charge in [0.15, 0.2) is 11.2 Å². The number of rotatable bonds is 3. The van der Waals surface area contributed by atoms with Gasteiger partial charge in [0.1, 0.15) is 0 Å². The summed E-state index contributed by atoms with van der Waals surface area (Å²) in [6.07, 6.45) is 3.53. The lowest BCUT2D eigenvalue weighted by Gasteiger charge is -2.15. The average Bonchev–Trinajstić information content (AvgIpc) is 3.13. The molecule has 0 spiro atoms. The molecule has 3 heterocycles. The van der Waals surface area contributed by atoms with Crippen molar-refractivity contribution in [2.75, 3.05) is 6.61 Å². The Labute approximate surface area is 135 Å². The van der Waals surface area contributed by atoms with Crippen molar-refractivity contribution >= 4 is 11.2 Å². The first kappa shape index (κ1) is 17.5. The van der Waals surface area contributed by atoms with Gasteiger partial charge in [0.05, 0.1) is 12.4 Å². The zero-order chi connectivity index (χ0) is 17.1. The number of nitrogens with zero attached hydrogens (tertiary/aromatic N) is 4. The van der Waals surface area contributed by atoms with Gasteiger partial charge in [-0.2, -0.15) is 0 Å². The lowest BCUT2D eigenvalue weighted by molar-refractivity contribution is 0.102. The Morgan fingerprint density at radius 1 is 1.30 bits per heavy atom. The molecule has 0 amide bonds. The van der Waals surface area contributed by atoms with Crippen LogP contribution in [0.3, 0.4) is 0 Å². The van der Waals surface area contributed by atoms with Gasteiger partial charge in [-0.25, -0.2) is 9.78 Å². The van der Waals surface area contributed by atoms with Gasteiger partial charge in [0.25, 0.3) is 5.56 Å². The molecule has 7 heteroatoms. The van der Waals surface area contributed by atoms with Crippen LogP contribution in [0.25, 0.3) is 11.2 Å². The van der Waals surface area contributed by atoms with Gasteiger partial charge in [-0.3, -0.25) is 13.9 Å². The van der Waals surface area contributed by atoms with Crippen molar-refractivity contribution in [2.45, 2.75) is 46.3 Å². The lowest BCUT2D eigenvalue weighted by Crippen LogP contribution is -2.40. The Bertz CT molecular complexity index is 787. The van der Waals surface area contributed by atoms with Crippen LogP contribution in [0.2, 0.25) is 0 Å². The Balaban J connectivity index is 0.000000924. The molecule has 2 atom stereocenters. The highest BCUT2D eigenvalue weighted by molar-refractivity contribution is 5.69. The van der Waals surface area contributed by atoms with Crippen molar-refractivity contribution in [3.63, 3.8) is 0 Å². The highest BCUT2D eigenvalue weighted by Gasteiger charge is 2.24. The van der Waals surface area contributed by atoms with Crippen LogP contribution in [-0.2, 0) is 25.4 Å². The fourth-order valence-corrected chi connectivity index (χ4v) is 3.04. The minimum absolute atomic E-state index is 0.199. The van der Waals surface area contributed by atoms with Crippen molar-refractivity contribution in [3.05, 3.63) is 27.2 Å². The molecule has 128 valence electrons. The number of aryl methyl sites for hydroxylation is 2. The molecule has 0 N–H and O–H groups in total. The first-order chi connectivity index (χ1) is 11.0. The van der Waals surface area contributed by atoms with Crippen LogP contribution in [0.5, 0.6) is 0 Å². The molecule has 3 rings (SSSR count). The van der Waals surface area contributed by atoms with E-state index in [9.17, 15) is 9.59 Å². The van der Waals surface area contributed by atoms with E-state index in [-0.39, 0.29) is 17.4 Å². The molecular formula is C16H26N4O3. The van der Waals surface area contributed by atoms with E-state index in [0.717, 1.165) is 19.4 Å². The van der Waals surface area contributed by atoms with Crippen LogP contribution in [0.15, 0.2) is 15.9 Å².